The van der Waals surface area contributed by atoms with Gasteiger partial charge in [0, 0.05) is 12.2 Å². The molecule has 1 aromatic rings. The minimum Gasteiger partial charge on any atom is -0.494 e. The number of benzene rings is 1. The summed E-state index contributed by atoms with van der Waals surface area (Å²) in [6.45, 7) is 5.90. The third-order valence-corrected chi connectivity index (χ3v) is 3.30. The Morgan fingerprint density at radius 2 is 2.12 bits per heavy atom. The summed E-state index contributed by atoms with van der Waals surface area (Å²) >= 11 is 1.91. The maximum absolute atomic E-state index is 5.47. The number of nitrogens with one attached hydrogen (secondary N) is 1. The molecule has 3 heteroatoms. The Morgan fingerprint density at radius 1 is 1.29 bits per heavy atom. The lowest BCUT2D eigenvalue weighted by Gasteiger charge is -2.11. The molecule has 0 saturated heterocycles. The molecule has 0 aliphatic rings. The van der Waals surface area contributed by atoms with Crippen molar-refractivity contribution in [3.05, 3.63) is 23.8 Å². The number of anilines is 1. The first-order valence-electron chi connectivity index (χ1n) is 6.24. The van der Waals surface area contributed by atoms with Crippen LogP contribution >= 0.6 is 11.8 Å². The average molecular weight is 253 g/mol. The minimum absolute atomic E-state index is 0.723. The summed E-state index contributed by atoms with van der Waals surface area (Å²) in [6.07, 6.45) is 4.67. The van der Waals surface area contributed by atoms with Crippen LogP contribution in [0.1, 0.15) is 25.3 Å². The molecule has 1 aromatic carbocycles. The van der Waals surface area contributed by atoms with Gasteiger partial charge in [0.05, 0.1) is 6.61 Å². The van der Waals surface area contributed by atoms with Crippen LogP contribution in [0.5, 0.6) is 5.75 Å². The molecular weight excluding hydrogens is 230 g/mol. The second-order valence-corrected chi connectivity index (χ2v) is 5.02. The summed E-state index contributed by atoms with van der Waals surface area (Å²) in [5.74, 6) is 2.21. The molecule has 0 amide bonds. The highest BCUT2D eigenvalue weighted by Gasteiger charge is 1.99. The fraction of sp³-hybridized carbons (Fsp3) is 0.571. The van der Waals surface area contributed by atoms with Crippen LogP contribution in [0, 0.1) is 6.92 Å². The van der Waals surface area contributed by atoms with Gasteiger partial charge in [-0.25, -0.2) is 0 Å². The van der Waals surface area contributed by atoms with E-state index in [1.54, 1.807) is 0 Å². The van der Waals surface area contributed by atoms with Crippen LogP contribution in [0.25, 0.3) is 0 Å². The average Bonchev–Trinajstić information content (AvgIpc) is 2.32. The van der Waals surface area contributed by atoms with E-state index in [1.807, 2.05) is 24.8 Å². The highest BCUT2D eigenvalue weighted by Crippen LogP contribution is 2.21. The summed E-state index contributed by atoms with van der Waals surface area (Å²) in [4.78, 5) is 0. The molecule has 96 valence electrons. The van der Waals surface area contributed by atoms with Crippen molar-refractivity contribution in [2.45, 2.75) is 26.7 Å². The van der Waals surface area contributed by atoms with Crippen LogP contribution in [0.4, 0.5) is 5.69 Å². The van der Waals surface area contributed by atoms with E-state index in [9.17, 15) is 0 Å². The Labute approximate surface area is 109 Å². The topological polar surface area (TPSA) is 21.3 Å². The number of ether oxygens (including phenoxy) is 1. The van der Waals surface area contributed by atoms with E-state index in [0.29, 0.717) is 0 Å². The summed E-state index contributed by atoms with van der Waals surface area (Å²) in [5.41, 5.74) is 2.47. The number of aryl methyl sites for hydroxylation is 1. The lowest BCUT2D eigenvalue weighted by Crippen LogP contribution is -2.03. The van der Waals surface area contributed by atoms with E-state index in [2.05, 4.69) is 30.6 Å². The van der Waals surface area contributed by atoms with E-state index < -0.39 is 0 Å². The first-order chi connectivity index (χ1) is 8.27. The summed E-state index contributed by atoms with van der Waals surface area (Å²) in [5, 5.41) is 3.48. The van der Waals surface area contributed by atoms with E-state index in [0.717, 1.165) is 18.9 Å². The van der Waals surface area contributed by atoms with Gasteiger partial charge >= 0.3 is 0 Å². The van der Waals surface area contributed by atoms with Crippen LogP contribution in [0.3, 0.4) is 0 Å². The second-order valence-electron chi connectivity index (χ2n) is 4.04. The van der Waals surface area contributed by atoms with Crippen molar-refractivity contribution in [3.8, 4) is 5.75 Å². The molecule has 0 atom stereocenters. The van der Waals surface area contributed by atoms with E-state index in [-0.39, 0.29) is 0 Å². The van der Waals surface area contributed by atoms with Crippen LogP contribution < -0.4 is 10.1 Å². The van der Waals surface area contributed by atoms with Crippen molar-refractivity contribution in [2.24, 2.45) is 0 Å². The standard InChI is InChI=1S/C14H23NOS/c1-4-16-13-7-8-14(12(2)11-13)15-9-5-6-10-17-3/h7-8,11,15H,4-6,9-10H2,1-3H3. The molecule has 0 unspecified atom stereocenters. The molecule has 0 aromatic heterocycles. The van der Waals surface area contributed by atoms with Crippen molar-refractivity contribution in [1.82, 2.24) is 0 Å². The normalized spacial score (nSPS) is 10.3. The van der Waals surface area contributed by atoms with Gasteiger partial charge in [-0.2, -0.15) is 11.8 Å². The minimum atomic E-state index is 0.723. The van der Waals surface area contributed by atoms with Gasteiger partial charge in [-0.15, -0.1) is 0 Å². The molecule has 0 saturated carbocycles. The molecule has 1 N–H and O–H groups in total. The van der Waals surface area contributed by atoms with Crippen molar-refractivity contribution >= 4 is 17.4 Å². The summed E-state index contributed by atoms with van der Waals surface area (Å²) < 4.78 is 5.47. The molecule has 0 aliphatic carbocycles. The maximum Gasteiger partial charge on any atom is 0.119 e. The quantitative estimate of drug-likeness (QED) is 0.709. The molecule has 0 bridgehead atoms. The predicted molar refractivity (Wildman–Crippen MR) is 78.5 cm³/mol. The van der Waals surface area contributed by atoms with Gasteiger partial charge in [-0.3, -0.25) is 0 Å². The number of hydrogen-bond donors (Lipinski definition) is 1. The molecule has 0 fully saturated rings. The van der Waals surface area contributed by atoms with Gasteiger partial charge in [0.15, 0.2) is 0 Å². The summed E-state index contributed by atoms with van der Waals surface area (Å²) in [6, 6.07) is 6.23. The molecule has 2 nitrogen and oxygen atoms in total. The monoisotopic (exact) mass is 253 g/mol. The molecule has 1 rings (SSSR count). The Bertz CT molecular complexity index is 328. The van der Waals surface area contributed by atoms with Gasteiger partial charge in [-0.05, 0) is 62.5 Å². The fourth-order valence-electron chi connectivity index (χ4n) is 1.69. The number of unbranched alkanes of at least 4 members (excludes halogenated alkanes) is 1. The predicted octanol–water partition coefficient (Wildman–Crippen LogP) is 3.95. The van der Waals surface area contributed by atoms with Crippen molar-refractivity contribution < 1.29 is 4.74 Å². The Hall–Kier alpha value is -0.830. The molecule has 0 heterocycles. The first kappa shape index (κ1) is 14.2. The lowest BCUT2D eigenvalue weighted by molar-refractivity contribution is 0.340. The van der Waals surface area contributed by atoms with Gasteiger partial charge in [-0.1, -0.05) is 0 Å². The highest BCUT2D eigenvalue weighted by atomic mass is 32.2. The fourth-order valence-corrected chi connectivity index (χ4v) is 2.18. The zero-order valence-electron chi connectivity index (χ0n) is 11.1. The highest BCUT2D eigenvalue weighted by molar-refractivity contribution is 7.98. The zero-order valence-corrected chi connectivity index (χ0v) is 11.9. The molecule has 0 aliphatic heterocycles. The molecule has 0 radical (unpaired) electrons. The SMILES string of the molecule is CCOc1ccc(NCCCCSC)c(C)c1. The number of hydrogen-bond acceptors (Lipinski definition) is 3. The van der Waals surface area contributed by atoms with E-state index >= 15 is 0 Å². The molecular formula is C14H23NOS. The van der Waals surface area contributed by atoms with Gasteiger partial charge in [0.1, 0.15) is 5.75 Å². The third-order valence-electron chi connectivity index (χ3n) is 2.60. The Balaban J connectivity index is 2.38. The first-order valence-corrected chi connectivity index (χ1v) is 7.63. The maximum atomic E-state index is 5.47. The second kappa shape index (κ2) is 8.29. The summed E-state index contributed by atoms with van der Waals surface area (Å²) in [7, 11) is 0. The van der Waals surface area contributed by atoms with E-state index in [4.69, 9.17) is 4.74 Å². The van der Waals surface area contributed by atoms with Crippen molar-refractivity contribution in [2.75, 3.05) is 30.5 Å². The lowest BCUT2D eigenvalue weighted by atomic mass is 10.2. The van der Waals surface area contributed by atoms with Gasteiger partial charge in [0.25, 0.3) is 0 Å². The van der Waals surface area contributed by atoms with Crippen LogP contribution in [0.2, 0.25) is 0 Å². The Kier molecular flexibility index (Phi) is 6.94. The smallest absolute Gasteiger partial charge is 0.119 e. The Morgan fingerprint density at radius 3 is 2.76 bits per heavy atom. The zero-order chi connectivity index (χ0) is 12.5. The number of thioether (sulfide) groups is 1. The molecule has 17 heavy (non-hydrogen) atoms. The van der Waals surface area contributed by atoms with Crippen molar-refractivity contribution in [3.63, 3.8) is 0 Å². The van der Waals surface area contributed by atoms with Crippen molar-refractivity contribution in [1.29, 1.82) is 0 Å². The third kappa shape index (κ3) is 5.35. The number of rotatable bonds is 8. The van der Waals surface area contributed by atoms with Crippen LogP contribution in [0.15, 0.2) is 18.2 Å². The largest absolute Gasteiger partial charge is 0.494 e. The van der Waals surface area contributed by atoms with Gasteiger partial charge < -0.3 is 10.1 Å². The van der Waals surface area contributed by atoms with Crippen LogP contribution in [-0.2, 0) is 0 Å². The van der Waals surface area contributed by atoms with Crippen LogP contribution in [-0.4, -0.2) is 25.2 Å². The van der Waals surface area contributed by atoms with Gasteiger partial charge in [0.2, 0.25) is 0 Å². The van der Waals surface area contributed by atoms with E-state index in [1.165, 1.54) is 29.8 Å². The molecule has 0 spiro atoms.